The Balaban J connectivity index is 2.73. The van der Waals surface area contributed by atoms with Crippen LogP contribution in [0.15, 0.2) is 24.3 Å². The van der Waals surface area contributed by atoms with Gasteiger partial charge in [-0.1, -0.05) is 24.3 Å². The molecule has 0 unspecified atom stereocenters. The molecule has 0 spiro atoms. The Labute approximate surface area is 107 Å². The molecule has 18 heavy (non-hydrogen) atoms. The summed E-state index contributed by atoms with van der Waals surface area (Å²) in [6.45, 7) is 4.12. The molecule has 4 heteroatoms. The van der Waals surface area contributed by atoms with Gasteiger partial charge in [-0.25, -0.2) is 4.79 Å². The standard InChI is InChI=1S/C14H18O4/c1-4-6-11-7-8-12(13(9-11)16-3)10-18-14(15)17-5-2/h4,6-9H,5,10H2,1-3H3/b6-4+. The zero-order valence-electron chi connectivity index (χ0n) is 10.9. The molecular weight excluding hydrogens is 232 g/mol. The zero-order chi connectivity index (χ0) is 13.4. The van der Waals surface area contributed by atoms with Crippen LogP contribution in [0.3, 0.4) is 0 Å². The molecule has 0 saturated heterocycles. The van der Waals surface area contributed by atoms with Crippen molar-refractivity contribution in [1.29, 1.82) is 0 Å². The van der Waals surface area contributed by atoms with Crippen molar-refractivity contribution in [1.82, 2.24) is 0 Å². The van der Waals surface area contributed by atoms with E-state index in [1.807, 2.05) is 37.3 Å². The topological polar surface area (TPSA) is 44.8 Å². The summed E-state index contributed by atoms with van der Waals surface area (Å²) in [4.78, 5) is 11.1. The van der Waals surface area contributed by atoms with Crippen molar-refractivity contribution in [3.05, 3.63) is 35.4 Å². The molecule has 0 heterocycles. The van der Waals surface area contributed by atoms with E-state index in [1.54, 1.807) is 14.0 Å². The van der Waals surface area contributed by atoms with Crippen LogP contribution in [0.25, 0.3) is 6.08 Å². The average molecular weight is 250 g/mol. The van der Waals surface area contributed by atoms with Gasteiger partial charge in [0.2, 0.25) is 0 Å². The fraction of sp³-hybridized carbons (Fsp3) is 0.357. The van der Waals surface area contributed by atoms with E-state index in [9.17, 15) is 4.79 Å². The lowest BCUT2D eigenvalue weighted by Gasteiger charge is -2.10. The highest BCUT2D eigenvalue weighted by Gasteiger charge is 2.07. The van der Waals surface area contributed by atoms with Crippen molar-refractivity contribution in [2.24, 2.45) is 0 Å². The number of carbonyl (C=O) groups is 1. The monoisotopic (exact) mass is 250 g/mol. The number of methoxy groups -OCH3 is 1. The summed E-state index contributed by atoms with van der Waals surface area (Å²) in [6.07, 6.45) is 3.25. The van der Waals surface area contributed by atoms with E-state index in [1.165, 1.54) is 0 Å². The molecule has 4 nitrogen and oxygen atoms in total. The average Bonchev–Trinajstić information content (AvgIpc) is 2.37. The first-order chi connectivity index (χ1) is 8.71. The van der Waals surface area contributed by atoms with Gasteiger partial charge in [0.25, 0.3) is 0 Å². The highest BCUT2D eigenvalue weighted by atomic mass is 16.7. The predicted molar refractivity (Wildman–Crippen MR) is 69.5 cm³/mol. The summed E-state index contributed by atoms with van der Waals surface area (Å²) in [5.74, 6) is 0.690. The van der Waals surface area contributed by atoms with Crippen molar-refractivity contribution >= 4 is 12.2 Å². The molecule has 0 aliphatic carbocycles. The minimum absolute atomic E-state index is 0.137. The van der Waals surface area contributed by atoms with Crippen LogP contribution in [0.4, 0.5) is 4.79 Å². The highest BCUT2D eigenvalue weighted by molar-refractivity contribution is 5.60. The first-order valence-electron chi connectivity index (χ1n) is 5.80. The van der Waals surface area contributed by atoms with Gasteiger partial charge in [-0.15, -0.1) is 0 Å². The van der Waals surface area contributed by atoms with E-state index >= 15 is 0 Å². The minimum atomic E-state index is -0.669. The lowest BCUT2D eigenvalue weighted by atomic mass is 10.1. The molecule has 0 bridgehead atoms. The van der Waals surface area contributed by atoms with Crippen LogP contribution >= 0.6 is 0 Å². The first kappa shape index (κ1) is 14.1. The van der Waals surface area contributed by atoms with Crippen LogP contribution in [0, 0.1) is 0 Å². The van der Waals surface area contributed by atoms with E-state index in [2.05, 4.69) is 4.74 Å². The normalized spacial score (nSPS) is 10.4. The highest BCUT2D eigenvalue weighted by Crippen LogP contribution is 2.22. The summed E-state index contributed by atoms with van der Waals surface area (Å²) in [7, 11) is 1.59. The SMILES string of the molecule is C/C=C/c1ccc(COC(=O)OCC)c(OC)c1. The Kier molecular flexibility index (Phi) is 5.77. The Hall–Kier alpha value is -1.97. The molecule has 0 saturated carbocycles. The van der Waals surface area contributed by atoms with Crippen LogP contribution in [-0.4, -0.2) is 19.9 Å². The molecular formula is C14H18O4. The van der Waals surface area contributed by atoms with Gasteiger partial charge in [0.1, 0.15) is 12.4 Å². The Morgan fingerprint density at radius 1 is 1.33 bits per heavy atom. The molecule has 1 aromatic rings. The third kappa shape index (κ3) is 4.13. The number of hydrogen-bond donors (Lipinski definition) is 0. The minimum Gasteiger partial charge on any atom is -0.496 e. The Morgan fingerprint density at radius 3 is 2.72 bits per heavy atom. The summed E-state index contributed by atoms with van der Waals surface area (Å²) < 4.78 is 14.9. The van der Waals surface area contributed by atoms with Crippen molar-refractivity contribution < 1.29 is 19.0 Å². The third-order valence-electron chi connectivity index (χ3n) is 2.28. The van der Waals surface area contributed by atoms with Gasteiger partial charge in [0, 0.05) is 5.56 Å². The van der Waals surface area contributed by atoms with Crippen molar-refractivity contribution in [3.8, 4) is 5.75 Å². The summed E-state index contributed by atoms with van der Waals surface area (Å²) in [5.41, 5.74) is 1.84. The summed E-state index contributed by atoms with van der Waals surface area (Å²) >= 11 is 0. The van der Waals surface area contributed by atoms with Crippen molar-refractivity contribution in [3.63, 3.8) is 0 Å². The second-order valence-corrected chi connectivity index (χ2v) is 3.54. The second-order valence-electron chi connectivity index (χ2n) is 3.54. The molecule has 1 rings (SSSR count). The van der Waals surface area contributed by atoms with Gasteiger partial charge < -0.3 is 14.2 Å². The van der Waals surface area contributed by atoms with Crippen LogP contribution in [0.5, 0.6) is 5.75 Å². The summed E-state index contributed by atoms with van der Waals surface area (Å²) in [5, 5.41) is 0. The van der Waals surface area contributed by atoms with E-state index in [4.69, 9.17) is 9.47 Å². The fourth-order valence-corrected chi connectivity index (χ4v) is 1.47. The molecule has 0 atom stereocenters. The lowest BCUT2D eigenvalue weighted by Crippen LogP contribution is -2.07. The van der Waals surface area contributed by atoms with Crippen LogP contribution in [-0.2, 0) is 16.1 Å². The molecule has 1 aromatic carbocycles. The van der Waals surface area contributed by atoms with Gasteiger partial charge in [0.05, 0.1) is 13.7 Å². The quantitative estimate of drug-likeness (QED) is 0.751. The smallest absolute Gasteiger partial charge is 0.496 e. The maximum atomic E-state index is 11.1. The number of ether oxygens (including phenoxy) is 3. The third-order valence-corrected chi connectivity index (χ3v) is 2.28. The van der Waals surface area contributed by atoms with Gasteiger partial charge >= 0.3 is 6.16 Å². The number of allylic oxidation sites excluding steroid dienone is 1. The maximum absolute atomic E-state index is 11.1. The number of benzene rings is 1. The molecule has 0 aliphatic heterocycles. The van der Waals surface area contributed by atoms with Gasteiger partial charge in [-0.3, -0.25) is 0 Å². The predicted octanol–water partition coefficient (Wildman–Crippen LogP) is 3.40. The maximum Gasteiger partial charge on any atom is 0.508 e. The zero-order valence-corrected chi connectivity index (χ0v) is 10.9. The van der Waals surface area contributed by atoms with E-state index in [-0.39, 0.29) is 6.61 Å². The largest absolute Gasteiger partial charge is 0.508 e. The van der Waals surface area contributed by atoms with E-state index in [0.717, 1.165) is 11.1 Å². The van der Waals surface area contributed by atoms with Crippen molar-refractivity contribution in [2.75, 3.05) is 13.7 Å². The van der Waals surface area contributed by atoms with Crippen LogP contribution < -0.4 is 4.74 Å². The van der Waals surface area contributed by atoms with Gasteiger partial charge in [-0.05, 0) is 25.5 Å². The molecule has 0 amide bonds. The van der Waals surface area contributed by atoms with Gasteiger partial charge in [0.15, 0.2) is 0 Å². The van der Waals surface area contributed by atoms with Crippen LogP contribution in [0.1, 0.15) is 25.0 Å². The fourth-order valence-electron chi connectivity index (χ4n) is 1.47. The molecule has 98 valence electrons. The summed E-state index contributed by atoms with van der Waals surface area (Å²) in [6, 6.07) is 5.70. The number of hydrogen-bond acceptors (Lipinski definition) is 4. The lowest BCUT2D eigenvalue weighted by molar-refractivity contribution is 0.0531. The van der Waals surface area contributed by atoms with E-state index < -0.39 is 6.16 Å². The number of rotatable bonds is 5. The molecule has 0 radical (unpaired) electrons. The molecule has 0 aromatic heterocycles. The molecule has 0 fully saturated rings. The Bertz CT molecular complexity index is 424. The molecule has 0 aliphatic rings. The number of carbonyl (C=O) groups excluding carboxylic acids is 1. The van der Waals surface area contributed by atoms with Crippen molar-refractivity contribution in [2.45, 2.75) is 20.5 Å². The molecule has 0 N–H and O–H groups in total. The van der Waals surface area contributed by atoms with Gasteiger partial charge in [-0.2, -0.15) is 0 Å². The Morgan fingerprint density at radius 2 is 2.11 bits per heavy atom. The van der Waals surface area contributed by atoms with Crippen LogP contribution in [0.2, 0.25) is 0 Å². The second kappa shape index (κ2) is 7.37. The van der Waals surface area contributed by atoms with E-state index in [0.29, 0.717) is 12.4 Å². The first-order valence-corrected chi connectivity index (χ1v) is 5.80.